The monoisotopic (exact) mass is 289 g/mol. The summed E-state index contributed by atoms with van der Waals surface area (Å²) >= 11 is 1.71. The van der Waals surface area contributed by atoms with Crippen molar-refractivity contribution in [3.8, 4) is 0 Å². The molecule has 0 spiro atoms. The smallest absolute Gasteiger partial charge is 0.240 e. The highest BCUT2D eigenvalue weighted by molar-refractivity contribution is 7.98. The van der Waals surface area contributed by atoms with Crippen molar-refractivity contribution in [3.63, 3.8) is 0 Å². The molecule has 2 N–H and O–H groups in total. The van der Waals surface area contributed by atoms with E-state index in [2.05, 4.69) is 15.0 Å². The predicted molar refractivity (Wildman–Crippen MR) is 76.5 cm³/mol. The molecule has 0 bridgehead atoms. The molecule has 18 heavy (non-hydrogen) atoms. The molecule has 0 radical (unpaired) electrons. The lowest BCUT2D eigenvalue weighted by Gasteiger charge is -2.12. The summed E-state index contributed by atoms with van der Waals surface area (Å²) in [6.45, 7) is 2.46. The highest BCUT2D eigenvalue weighted by Crippen LogP contribution is 2.12. The summed E-state index contributed by atoms with van der Waals surface area (Å²) in [7, 11) is -1.74. The molecular formula is C11H19N3O2S2. The first-order chi connectivity index (χ1) is 8.49. The second-order valence-electron chi connectivity index (χ2n) is 4.04. The van der Waals surface area contributed by atoms with Gasteiger partial charge in [-0.25, -0.2) is 18.1 Å². The van der Waals surface area contributed by atoms with Crippen molar-refractivity contribution in [2.75, 3.05) is 30.9 Å². The second kappa shape index (κ2) is 6.96. The summed E-state index contributed by atoms with van der Waals surface area (Å²) in [6.07, 6.45) is 3.48. The van der Waals surface area contributed by atoms with Gasteiger partial charge in [0.2, 0.25) is 10.0 Å². The maximum absolute atomic E-state index is 12.0. The van der Waals surface area contributed by atoms with E-state index in [9.17, 15) is 8.42 Å². The zero-order valence-electron chi connectivity index (χ0n) is 10.8. The Labute approximate surface area is 113 Å². The fourth-order valence-corrected chi connectivity index (χ4v) is 3.26. The van der Waals surface area contributed by atoms with E-state index < -0.39 is 10.0 Å². The molecule has 1 aromatic rings. The molecule has 0 aliphatic heterocycles. The largest absolute Gasteiger partial charge is 0.373 e. The van der Waals surface area contributed by atoms with E-state index in [0.717, 1.165) is 5.75 Å². The van der Waals surface area contributed by atoms with Crippen molar-refractivity contribution in [2.24, 2.45) is 5.92 Å². The lowest BCUT2D eigenvalue weighted by Crippen LogP contribution is -2.29. The van der Waals surface area contributed by atoms with E-state index in [1.54, 1.807) is 18.8 Å². The summed E-state index contributed by atoms with van der Waals surface area (Å²) < 4.78 is 26.7. The van der Waals surface area contributed by atoms with E-state index >= 15 is 0 Å². The first-order valence-electron chi connectivity index (χ1n) is 5.62. The van der Waals surface area contributed by atoms with Gasteiger partial charge in [-0.2, -0.15) is 11.8 Å². The van der Waals surface area contributed by atoms with E-state index in [0.29, 0.717) is 18.3 Å². The molecule has 7 heteroatoms. The number of thioether (sulfide) groups is 1. The maximum atomic E-state index is 12.0. The van der Waals surface area contributed by atoms with Crippen LogP contribution in [0.2, 0.25) is 0 Å². The Kier molecular flexibility index (Phi) is 5.90. The summed E-state index contributed by atoms with van der Waals surface area (Å²) in [4.78, 5) is 4.22. The molecule has 1 heterocycles. The lowest BCUT2D eigenvalue weighted by molar-refractivity contribution is 0.562. The number of nitrogens with zero attached hydrogens (tertiary/aromatic N) is 1. The first kappa shape index (κ1) is 15.3. The van der Waals surface area contributed by atoms with Crippen molar-refractivity contribution in [1.82, 2.24) is 9.71 Å². The van der Waals surface area contributed by atoms with E-state index in [4.69, 9.17) is 0 Å². The quantitative estimate of drug-likeness (QED) is 0.794. The van der Waals surface area contributed by atoms with Crippen LogP contribution in [0.1, 0.15) is 6.92 Å². The van der Waals surface area contributed by atoms with E-state index in [1.807, 2.05) is 13.2 Å². The first-order valence-corrected chi connectivity index (χ1v) is 8.49. The molecule has 5 nitrogen and oxygen atoms in total. The summed E-state index contributed by atoms with van der Waals surface area (Å²) in [5.74, 6) is 1.77. The van der Waals surface area contributed by atoms with Crippen molar-refractivity contribution in [2.45, 2.75) is 11.8 Å². The SMILES string of the molecule is CNc1cc(S(=O)(=O)NCC(C)CSC)ccn1. The number of sulfonamides is 1. The molecule has 0 aliphatic rings. The third-order valence-electron chi connectivity index (χ3n) is 2.37. The Morgan fingerprint density at radius 1 is 1.50 bits per heavy atom. The molecule has 0 amide bonds. The third-order valence-corrected chi connectivity index (χ3v) is 4.69. The van der Waals surface area contributed by atoms with Gasteiger partial charge in [0.1, 0.15) is 5.82 Å². The van der Waals surface area contributed by atoms with Gasteiger partial charge in [0, 0.05) is 25.9 Å². The molecule has 0 aliphatic carbocycles. The van der Waals surface area contributed by atoms with Crippen molar-refractivity contribution in [3.05, 3.63) is 18.3 Å². The molecular weight excluding hydrogens is 270 g/mol. The standard InChI is InChI=1S/C11H19N3O2S2/c1-9(8-17-3)7-14-18(15,16)10-4-5-13-11(6-10)12-2/h4-6,9,14H,7-8H2,1-3H3,(H,12,13). The van der Waals surface area contributed by atoms with Crippen LogP contribution in [0, 0.1) is 5.92 Å². The number of hydrogen-bond acceptors (Lipinski definition) is 5. The average molecular weight is 289 g/mol. The van der Waals surface area contributed by atoms with Crippen molar-refractivity contribution >= 4 is 27.6 Å². The van der Waals surface area contributed by atoms with Crippen LogP contribution in [0.4, 0.5) is 5.82 Å². The predicted octanol–water partition coefficient (Wildman–Crippen LogP) is 1.40. The Morgan fingerprint density at radius 2 is 2.22 bits per heavy atom. The molecule has 1 atom stereocenters. The van der Waals surface area contributed by atoms with Crippen LogP contribution in [-0.2, 0) is 10.0 Å². The van der Waals surface area contributed by atoms with Crippen LogP contribution >= 0.6 is 11.8 Å². The Hall–Kier alpha value is -0.790. The number of hydrogen-bond donors (Lipinski definition) is 2. The summed E-state index contributed by atoms with van der Waals surface area (Å²) in [6, 6.07) is 3.00. The second-order valence-corrected chi connectivity index (χ2v) is 6.72. The van der Waals surface area contributed by atoms with Gasteiger partial charge in [-0.3, -0.25) is 0 Å². The van der Waals surface area contributed by atoms with Crippen LogP contribution in [0.25, 0.3) is 0 Å². The van der Waals surface area contributed by atoms with E-state index in [1.165, 1.54) is 18.3 Å². The highest BCUT2D eigenvalue weighted by Gasteiger charge is 2.15. The molecule has 0 saturated carbocycles. The topological polar surface area (TPSA) is 71.1 Å². The van der Waals surface area contributed by atoms with Crippen LogP contribution < -0.4 is 10.0 Å². The molecule has 1 aromatic heterocycles. The number of anilines is 1. The van der Waals surface area contributed by atoms with Crippen LogP contribution in [0.3, 0.4) is 0 Å². The van der Waals surface area contributed by atoms with Gasteiger partial charge in [0.15, 0.2) is 0 Å². The fraction of sp³-hybridized carbons (Fsp3) is 0.545. The van der Waals surface area contributed by atoms with Gasteiger partial charge >= 0.3 is 0 Å². The Bertz CT molecular complexity index is 477. The third kappa shape index (κ3) is 4.47. The Balaban J connectivity index is 2.73. The minimum Gasteiger partial charge on any atom is -0.373 e. The highest BCUT2D eigenvalue weighted by atomic mass is 32.2. The Morgan fingerprint density at radius 3 is 2.83 bits per heavy atom. The van der Waals surface area contributed by atoms with Crippen LogP contribution in [0.15, 0.2) is 23.2 Å². The number of nitrogens with one attached hydrogen (secondary N) is 2. The minimum absolute atomic E-state index is 0.234. The molecule has 0 saturated heterocycles. The minimum atomic E-state index is -3.45. The molecule has 1 unspecified atom stereocenters. The number of pyridine rings is 1. The van der Waals surface area contributed by atoms with Gasteiger partial charge in [-0.1, -0.05) is 6.92 Å². The average Bonchev–Trinajstić information content (AvgIpc) is 2.37. The lowest BCUT2D eigenvalue weighted by atomic mass is 10.2. The van der Waals surface area contributed by atoms with Crippen molar-refractivity contribution < 1.29 is 8.42 Å². The zero-order valence-corrected chi connectivity index (χ0v) is 12.4. The number of rotatable bonds is 7. The number of aromatic nitrogens is 1. The zero-order chi connectivity index (χ0) is 13.6. The maximum Gasteiger partial charge on any atom is 0.240 e. The van der Waals surface area contributed by atoms with Gasteiger partial charge in [-0.15, -0.1) is 0 Å². The van der Waals surface area contributed by atoms with Crippen molar-refractivity contribution in [1.29, 1.82) is 0 Å². The summed E-state index contributed by atoms with van der Waals surface area (Å²) in [5.41, 5.74) is 0. The summed E-state index contributed by atoms with van der Waals surface area (Å²) in [5, 5.41) is 2.82. The van der Waals surface area contributed by atoms with Gasteiger partial charge in [0.25, 0.3) is 0 Å². The van der Waals surface area contributed by atoms with Gasteiger partial charge in [0.05, 0.1) is 4.90 Å². The molecule has 0 fully saturated rings. The van der Waals surface area contributed by atoms with E-state index in [-0.39, 0.29) is 4.90 Å². The van der Waals surface area contributed by atoms with Crippen LogP contribution in [-0.4, -0.2) is 39.0 Å². The fourth-order valence-electron chi connectivity index (χ4n) is 1.39. The van der Waals surface area contributed by atoms with Crippen LogP contribution in [0.5, 0.6) is 0 Å². The van der Waals surface area contributed by atoms with Gasteiger partial charge < -0.3 is 5.32 Å². The normalized spacial score (nSPS) is 13.3. The molecule has 1 rings (SSSR count). The molecule has 0 aromatic carbocycles. The molecule has 102 valence electrons. The van der Waals surface area contributed by atoms with Gasteiger partial charge in [-0.05, 0) is 24.0 Å².